The molecule has 0 spiro atoms. The van der Waals surface area contributed by atoms with E-state index in [1.54, 1.807) is 6.26 Å². The first-order valence-electron chi connectivity index (χ1n) is 11.2. The molecule has 0 bridgehead atoms. The van der Waals surface area contributed by atoms with Crippen molar-refractivity contribution in [3.63, 3.8) is 0 Å². The van der Waals surface area contributed by atoms with E-state index in [4.69, 9.17) is 0 Å². The third-order valence-electron chi connectivity index (χ3n) is 6.73. The quantitative estimate of drug-likeness (QED) is 0.143. The molecule has 2 aliphatic rings. The molecule has 1 aliphatic heterocycles. The Hall–Kier alpha value is -2.18. The molecule has 3 rings (SSSR count). The van der Waals surface area contributed by atoms with Crippen LogP contribution in [0.3, 0.4) is 0 Å². The van der Waals surface area contributed by atoms with E-state index in [-0.39, 0.29) is 30.1 Å². The molecule has 2 fully saturated rings. The number of carbonyl (C=O) groups is 2. The van der Waals surface area contributed by atoms with Crippen molar-refractivity contribution in [1.29, 1.82) is 0 Å². The number of halogens is 1. The monoisotopic (exact) mass is 483 g/mol. The zero-order chi connectivity index (χ0) is 24.2. The van der Waals surface area contributed by atoms with Crippen LogP contribution in [0.5, 0.6) is 0 Å². The first-order chi connectivity index (χ1) is 15.7. The molecule has 1 saturated carbocycles. The van der Waals surface area contributed by atoms with Gasteiger partial charge in [-0.1, -0.05) is 37.4 Å². The van der Waals surface area contributed by atoms with Gasteiger partial charge in [-0.3, -0.25) is 25.6 Å². The Morgan fingerprint density at radius 2 is 2.03 bits per heavy atom. The summed E-state index contributed by atoms with van der Waals surface area (Å²) in [4.78, 5) is 36.2. The molecule has 0 radical (unpaired) electrons. The summed E-state index contributed by atoms with van der Waals surface area (Å²) in [6.07, 6.45) is 6.89. The summed E-state index contributed by atoms with van der Waals surface area (Å²) in [5.41, 5.74) is 5.06. The summed E-state index contributed by atoms with van der Waals surface area (Å²) in [7, 11) is 3.98. The SMILES string of the molecule is CSc1nc(NNC(=O)[C@@H](CC2CCCC2)CN(O)C=O)c(F)c(N2CC(C)(N(C)C)C2)n1. The lowest BCUT2D eigenvalue weighted by Crippen LogP contribution is -2.67. The fourth-order valence-electron chi connectivity index (χ4n) is 4.41. The number of thioether (sulfide) groups is 1. The van der Waals surface area contributed by atoms with Gasteiger partial charge in [0.2, 0.25) is 18.1 Å². The van der Waals surface area contributed by atoms with E-state index in [9.17, 15) is 14.8 Å². The molecule has 2 amide bonds. The van der Waals surface area contributed by atoms with Gasteiger partial charge in [0, 0.05) is 13.1 Å². The van der Waals surface area contributed by atoms with Crippen molar-refractivity contribution in [2.45, 2.75) is 49.7 Å². The minimum absolute atomic E-state index is 0.0685. The molecule has 184 valence electrons. The third-order valence-corrected chi connectivity index (χ3v) is 7.28. The number of hydrogen-bond acceptors (Lipinski definition) is 9. The number of likely N-dealkylation sites (N-methyl/N-ethyl adjacent to an activating group) is 1. The number of aromatic nitrogens is 2. The molecule has 1 aliphatic carbocycles. The van der Waals surface area contributed by atoms with Crippen molar-refractivity contribution < 1.29 is 19.2 Å². The van der Waals surface area contributed by atoms with Gasteiger partial charge in [0.25, 0.3) is 0 Å². The van der Waals surface area contributed by atoms with Crippen molar-refractivity contribution in [3.8, 4) is 0 Å². The molecule has 1 saturated heterocycles. The van der Waals surface area contributed by atoms with E-state index >= 15 is 4.39 Å². The minimum atomic E-state index is -0.641. The standard InChI is InChI=1S/C21H34FN7O3S/c1-21(27(2)3)11-28(12-21)18-16(22)17(23-20(24-18)33-4)25-26-19(31)15(10-29(32)13-30)9-14-7-5-6-8-14/h13-15,32H,5-12H2,1-4H3,(H,26,31)(H,23,24,25)/t15-/m0/s1. The van der Waals surface area contributed by atoms with Crippen LogP contribution in [0.2, 0.25) is 0 Å². The lowest BCUT2D eigenvalue weighted by atomic mass is 9.91. The first-order valence-corrected chi connectivity index (χ1v) is 12.4. The van der Waals surface area contributed by atoms with Crippen LogP contribution < -0.4 is 15.8 Å². The van der Waals surface area contributed by atoms with Crippen LogP contribution in [-0.2, 0) is 9.59 Å². The van der Waals surface area contributed by atoms with Gasteiger partial charge >= 0.3 is 0 Å². The molecule has 1 aromatic heterocycles. The average Bonchev–Trinajstić information content (AvgIpc) is 3.28. The Bertz CT molecular complexity index is 847. The van der Waals surface area contributed by atoms with Crippen LogP contribution in [0.4, 0.5) is 16.0 Å². The van der Waals surface area contributed by atoms with Crippen LogP contribution >= 0.6 is 11.8 Å². The summed E-state index contributed by atoms with van der Waals surface area (Å²) >= 11 is 1.28. The molecule has 3 N–H and O–H groups in total. The van der Waals surface area contributed by atoms with Gasteiger partial charge in [-0.15, -0.1) is 0 Å². The molecule has 0 unspecified atom stereocenters. The van der Waals surface area contributed by atoms with Crippen LogP contribution in [0.1, 0.15) is 39.0 Å². The second-order valence-electron chi connectivity index (χ2n) is 9.37. The highest BCUT2D eigenvalue weighted by Gasteiger charge is 2.42. The summed E-state index contributed by atoms with van der Waals surface area (Å²) in [6.45, 7) is 3.22. The maximum Gasteiger partial charge on any atom is 0.243 e. The number of rotatable bonds is 11. The fourth-order valence-corrected chi connectivity index (χ4v) is 4.77. The summed E-state index contributed by atoms with van der Waals surface area (Å²) in [5.74, 6) is -1.27. The Morgan fingerprint density at radius 3 is 2.61 bits per heavy atom. The number of amides is 2. The lowest BCUT2D eigenvalue weighted by Gasteiger charge is -2.52. The minimum Gasteiger partial charge on any atom is -0.350 e. The molecule has 12 heteroatoms. The number of hydroxylamine groups is 2. The van der Waals surface area contributed by atoms with Crippen LogP contribution in [-0.4, -0.2) is 83.0 Å². The highest BCUT2D eigenvalue weighted by atomic mass is 32.2. The lowest BCUT2D eigenvalue weighted by molar-refractivity contribution is -0.154. The number of hydrazine groups is 1. The molecular weight excluding hydrogens is 449 g/mol. The van der Waals surface area contributed by atoms with Crippen LogP contribution in [0.25, 0.3) is 0 Å². The van der Waals surface area contributed by atoms with Gasteiger partial charge < -0.3 is 9.80 Å². The summed E-state index contributed by atoms with van der Waals surface area (Å²) < 4.78 is 15.3. The molecule has 10 nitrogen and oxygen atoms in total. The zero-order valence-corrected chi connectivity index (χ0v) is 20.5. The number of nitrogens with one attached hydrogen (secondary N) is 2. The summed E-state index contributed by atoms with van der Waals surface area (Å²) in [5, 5.41) is 10.5. The largest absolute Gasteiger partial charge is 0.350 e. The highest BCUT2D eigenvalue weighted by Crippen LogP contribution is 2.34. The van der Waals surface area contributed by atoms with E-state index in [1.165, 1.54) is 11.8 Å². The normalized spacial score (nSPS) is 18.7. The van der Waals surface area contributed by atoms with E-state index in [0.29, 0.717) is 35.6 Å². The van der Waals surface area contributed by atoms with E-state index in [1.807, 2.05) is 19.0 Å². The Morgan fingerprint density at radius 1 is 1.36 bits per heavy atom. The Balaban J connectivity index is 1.70. The third kappa shape index (κ3) is 6.04. The molecule has 2 heterocycles. The number of anilines is 2. The maximum absolute atomic E-state index is 15.3. The van der Waals surface area contributed by atoms with Gasteiger partial charge in [-0.05, 0) is 39.6 Å². The van der Waals surface area contributed by atoms with Gasteiger partial charge in [0.05, 0.1) is 18.0 Å². The van der Waals surface area contributed by atoms with Crippen molar-refractivity contribution >= 4 is 35.7 Å². The molecule has 1 atom stereocenters. The molecule has 1 aromatic rings. The summed E-state index contributed by atoms with van der Waals surface area (Å²) in [6, 6.07) is 0. The molecule has 0 aromatic carbocycles. The average molecular weight is 484 g/mol. The van der Waals surface area contributed by atoms with E-state index in [0.717, 1.165) is 25.7 Å². The van der Waals surface area contributed by atoms with Gasteiger partial charge in [-0.25, -0.2) is 15.0 Å². The second-order valence-corrected chi connectivity index (χ2v) is 10.1. The molecule has 33 heavy (non-hydrogen) atoms. The number of hydrogen-bond donors (Lipinski definition) is 3. The van der Waals surface area contributed by atoms with Gasteiger partial charge in [0.15, 0.2) is 16.8 Å². The Kier molecular flexibility index (Phi) is 8.35. The number of carbonyl (C=O) groups excluding carboxylic acids is 2. The second kappa shape index (κ2) is 10.8. The van der Waals surface area contributed by atoms with Crippen molar-refractivity contribution in [2.24, 2.45) is 11.8 Å². The van der Waals surface area contributed by atoms with Crippen molar-refractivity contribution in [1.82, 2.24) is 25.4 Å². The van der Waals surface area contributed by atoms with Crippen molar-refractivity contribution in [2.75, 3.05) is 50.3 Å². The maximum atomic E-state index is 15.3. The molecular formula is C21H34FN7O3S. The fraction of sp³-hybridized carbons (Fsp3) is 0.714. The van der Waals surface area contributed by atoms with Crippen LogP contribution in [0.15, 0.2) is 5.16 Å². The Labute approximate surface area is 198 Å². The first kappa shape index (κ1) is 25.4. The predicted octanol–water partition coefficient (Wildman–Crippen LogP) is 1.97. The van der Waals surface area contributed by atoms with E-state index in [2.05, 4.69) is 32.6 Å². The predicted molar refractivity (Wildman–Crippen MR) is 124 cm³/mol. The number of nitrogens with zero attached hydrogens (tertiary/aromatic N) is 5. The van der Waals surface area contributed by atoms with E-state index < -0.39 is 17.6 Å². The topological polar surface area (TPSA) is 114 Å². The van der Waals surface area contributed by atoms with Crippen molar-refractivity contribution in [3.05, 3.63) is 5.82 Å². The smallest absolute Gasteiger partial charge is 0.243 e. The van der Waals surface area contributed by atoms with Crippen LogP contribution in [0, 0.1) is 17.7 Å². The highest BCUT2D eigenvalue weighted by molar-refractivity contribution is 7.98. The van der Waals surface area contributed by atoms with Gasteiger partial charge in [0.1, 0.15) is 0 Å². The van der Waals surface area contributed by atoms with Gasteiger partial charge in [-0.2, -0.15) is 4.39 Å². The zero-order valence-electron chi connectivity index (χ0n) is 19.7.